The van der Waals surface area contributed by atoms with Crippen LogP contribution in [0.1, 0.15) is 37.7 Å². The maximum Gasteiger partial charge on any atom is 0.126 e. The Bertz CT molecular complexity index is 538. The third kappa shape index (κ3) is 1.50. The maximum absolute atomic E-state index is 4.73. The molecule has 0 amide bonds. The van der Waals surface area contributed by atoms with Gasteiger partial charge in [0.05, 0.1) is 0 Å². The van der Waals surface area contributed by atoms with Crippen molar-refractivity contribution in [1.29, 1.82) is 0 Å². The number of nitrogens with one attached hydrogen (secondary N) is 1. The second-order valence-electron chi connectivity index (χ2n) is 7.09. The fourth-order valence-corrected chi connectivity index (χ4v) is 6.76. The van der Waals surface area contributed by atoms with Crippen molar-refractivity contribution in [2.24, 2.45) is 28.8 Å². The summed E-state index contributed by atoms with van der Waals surface area (Å²) in [5.41, 5.74) is 4.89. The largest absolute Gasteiger partial charge is 0.292 e. The Morgan fingerprint density at radius 3 is 2.25 bits per heavy atom. The Hall–Kier alpha value is -0.960. The van der Waals surface area contributed by atoms with Gasteiger partial charge in [0, 0.05) is 5.56 Å². The van der Waals surface area contributed by atoms with Crippen LogP contribution in [0.3, 0.4) is 0 Å². The van der Waals surface area contributed by atoms with Gasteiger partial charge in [0.1, 0.15) is 9.91 Å². The van der Waals surface area contributed by atoms with Crippen molar-refractivity contribution in [3.8, 4) is 0 Å². The van der Waals surface area contributed by atoms with Crippen molar-refractivity contribution in [1.82, 2.24) is 5.43 Å². The van der Waals surface area contributed by atoms with E-state index in [0.717, 1.165) is 23.7 Å². The summed E-state index contributed by atoms with van der Waals surface area (Å²) in [6, 6.07) is 10.7. The van der Waals surface area contributed by atoms with E-state index in [2.05, 4.69) is 35.8 Å². The summed E-state index contributed by atoms with van der Waals surface area (Å²) in [5.74, 6) is 3.72. The molecule has 20 heavy (non-hydrogen) atoms. The SMILES string of the molecule is c1ccc(C2=NNC3(S2)C2CC4CC(C2)CC3C4)cc1. The molecule has 6 rings (SSSR count). The summed E-state index contributed by atoms with van der Waals surface area (Å²) in [5, 5.41) is 5.94. The van der Waals surface area contributed by atoms with Gasteiger partial charge in [-0.1, -0.05) is 42.1 Å². The first kappa shape index (κ1) is 11.7. The summed E-state index contributed by atoms with van der Waals surface area (Å²) < 4.78 is 0. The van der Waals surface area contributed by atoms with E-state index in [0.29, 0.717) is 0 Å². The number of benzene rings is 1. The van der Waals surface area contributed by atoms with Crippen LogP contribution < -0.4 is 5.43 Å². The van der Waals surface area contributed by atoms with Gasteiger partial charge in [0.2, 0.25) is 0 Å². The molecule has 5 aliphatic rings. The molecule has 2 nitrogen and oxygen atoms in total. The Morgan fingerprint density at radius 1 is 0.950 bits per heavy atom. The minimum Gasteiger partial charge on any atom is -0.292 e. The van der Waals surface area contributed by atoms with Crippen LogP contribution in [0, 0.1) is 23.7 Å². The lowest BCUT2D eigenvalue weighted by Crippen LogP contribution is -2.60. The van der Waals surface area contributed by atoms with E-state index >= 15 is 0 Å². The van der Waals surface area contributed by atoms with Gasteiger partial charge in [-0.2, -0.15) is 5.10 Å². The summed E-state index contributed by atoms with van der Waals surface area (Å²) in [6.45, 7) is 0. The lowest BCUT2D eigenvalue weighted by atomic mass is 9.54. The van der Waals surface area contributed by atoms with Crippen LogP contribution in [0.5, 0.6) is 0 Å². The monoisotopic (exact) mass is 284 g/mol. The Balaban J connectivity index is 1.46. The standard InChI is InChI=1S/C17H20N2S/c1-2-4-13(5-3-1)16-18-19-17(20-16)14-7-11-6-12(9-14)10-15(17)8-11/h1-5,11-12,14-15,19H,6-10H2. The fraction of sp³-hybridized carbons (Fsp3) is 0.588. The first-order valence-electron chi connectivity index (χ1n) is 7.93. The minimum absolute atomic E-state index is 0.235. The predicted molar refractivity (Wildman–Crippen MR) is 83.5 cm³/mol. The number of thioether (sulfide) groups is 1. The molecule has 4 saturated carbocycles. The van der Waals surface area contributed by atoms with Crippen molar-refractivity contribution in [3.63, 3.8) is 0 Å². The van der Waals surface area contributed by atoms with Crippen LogP contribution in [0.4, 0.5) is 0 Å². The molecule has 3 heteroatoms. The summed E-state index contributed by atoms with van der Waals surface area (Å²) in [4.78, 5) is 0.235. The van der Waals surface area contributed by atoms with E-state index in [4.69, 9.17) is 5.10 Å². The molecule has 104 valence electrons. The van der Waals surface area contributed by atoms with Crippen molar-refractivity contribution < 1.29 is 0 Å². The van der Waals surface area contributed by atoms with Crippen LogP contribution in [-0.2, 0) is 0 Å². The quantitative estimate of drug-likeness (QED) is 0.847. The topological polar surface area (TPSA) is 24.4 Å². The number of hydrazone groups is 1. The average Bonchev–Trinajstić information content (AvgIpc) is 2.91. The third-order valence-corrected chi connectivity index (χ3v) is 7.59. The number of hydrogen-bond donors (Lipinski definition) is 1. The molecule has 1 aliphatic heterocycles. The molecule has 0 unspecified atom stereocenters. The zero-order chi connectivity index (χ0) is 13.2. The Morgan fingerprint density at radius 2 is 1.60 bits per heavy atom. The van der Waals surface area contributed by atoms with E-state index < -0.39 is 0 Å². The molecule has 1 heterocycles. The van der Waals surface area contributed by atoms with Crippen LogP contribution in [0.15, 0.2) is 35.4 Å². The molecule has 4 bridgehead atoms. The summed E-state index contributed by atoms with van der Waals surface area (Å²) in [7, 11) is 0. The van der Waals surface area contributed by atoms with Gasteiger partial charge in [-0.25, -0.2) is 0 Å². The molecule has 1 aromatic carbocycles. The van der Waals surface area contributed by atoms with Gasteiger partial charge in [0.25, 0.3) is 0 Å². The second kappa shape index (κ2) is 4.03. The van der Waals surface area contributed by atoms with Gasteiger partial charge < -0.3 is 0 Å². The number of nitrogens with zero attached hydrogens (tertiary/aromatic N) is 1. The smallest absolute Gasteiger partial charge is 0.126 e. The summed E-state index contributed by atoms with van der Waals surface area (Å²) >= 11 is 2.04. The molecule has 4 aliphatic carbocycles. The highest BCUT2D eigenvalue weighted by molar-refractivity contribution is 8.15. The molecule has 1 aromatic rings. The van der Waals surface area contributed by atoms with Gasteiger partial charge in [0.15, 0.2) is 0 Å². The lowest BCUT2D eigenvalue weighted by Gasteiger charge is -2.58. The van der Waals surface area contributed by atoms with Crippen LogP contribution in [0.25, 0.3) is 0 Å². The van der Waals surface area contributed by atoms with Crippen LogP contribution >= 0.6 is 11.8 Å². The molecule has 0 saturated heterocycles. The van der Waals surface area contributed by atoms with Crippen molar-refractivity contribution >= 4 is 16.8 Å². The first-order valence-corrected chi connectivity index (χ1v) is 8.74. The minimum atomic E-state index is 0.235. The van der Waals surface area contributed by atoms with Gasteiger partial charge in [-0.15, -0.1) is 0 Å². The average molecular weight is 284 g/mol. The molecular weight excluding hydrogens is 264 g/mol. The van der Waals surface area contributed by atoms with Crippen LogP contribution in [-0.4, -0.2) is 9.91 Å². The van der Waals surface area contributed by atoms with Gasteiger partial charge >= 0.3 is 0 Å². The van der Waals surface area contributed by atoms with E-state index in [1.807, 2.05) is 11.8 Å². The predicted octanol–water partition coefficient (Wildman–Crippen LogP) is 3.84. The van der Waals surface area contributed by atoms with Crippen molar-refractivity contribution in [3.05, 3.63) is 35.9 Å². The highest BCUT2D eigenvalue weighted by atomic mass is 32.2. The lowest BCUT2D eigenvalue weighted by molar-refractivity contribution is -0.0276. The molecule has 0 atom stereocenters. The fourth-order valence-electron chi connectivity index (χ4n) is 5.28. The first-order chi connectivity index (χ1) is 9.83. The van der Waals surface area contributed by atoms with Gasteiger partial charge in [-0.3, -0.25) is 5.43 Å². The number of rotatable bonds is 1. The Kier molecular flexibility index (Phi) is 2.35. The van der Waals surface area contributed by atoms with Crippen molar-refractivity contribution in [2.75, 3.05) is 0 Å². The zero-order valence-electron chi connectivity index (χ0n) is 11.6. The van der Waals surface area contributed by atoms with E-state index in [1.165, 1.54) is 42.7 Å². The molecular formula is C17H20N2S. The molecule has 1 N–H and O–H groups in total. The van der Waals surface area contributed by atoms with Gasteiger partial charge in [-0.05, 0) is 55.8 Å². The highest BCUT2D eigenvalue weighted by Gasteiger charge is 2.59. The zero-order valence-corrected chi connectivity index (χ0v) is 12.4. The third-order valence-electron chi connectivity index (χ3n) is 5.97. The van der Waals surface area contributed by atoms with Crippen LogP contribution in [0.2, 0.25) is 0 Å². The highest BCUT2D eigenvalue weighted by Crippen LogP contribution is 2.63. The summed E-state index contributed by atoms with van der Waals surface area (Å²) in [6.07, 6.45) is 7.25. The molecule has 4 fully saturated rings. The second-order valence-corrected chi connectivity index (χ2v) is 8.36. The normalized spacial score (nSPS) is 44.7. The van der Waals surface area contributed by atoms with Crippen molar-refractivity contribution in [2.45, 2.75) is 37.0 Å². The molecule has 1 spiro atoms. The van der Waals surface area contributed by atoms with E-state index in [-0.39, 0.29) is 4.87 Å². The Labute approximate surface area is 124 Å². The molecule has 0 radical (unpaired) electrons. The maximum atomic E-state index is 4.73. The van der Waals surface area contributed by atoms with E-state index in [1.54, 1.807) is 0 Å². The molecule has 0 aromatic heterocycles. The number of hydrogen-bond acceptors (Lipinski definition) is 3. The van der Waals surface area contributed by atoms with E-state index in [9.17, 15) is 0 Å².